The smallest absolute Gasteiger partial charge is 0.322 e. The lowest BCUT2D eigenvalue weighted by molar-refractivity contribution is -0.143. The summed E-state index contributed by atoms with van der Waals surface area (Å²) < 4.78 is 4.52. The number of hydrogen-bond acceptors (Lipinski definition) is 4. The maximum atomic E-state index is 10.9. The molecule has 1 unspecified atom stereocenters. The van der Waals surface area contributed by atoms with Crippen LogP contribution in [0, 0.1) is 0 Å². The van der Waals surface area contributed by atoms with Crippen molar-refractivity contribution in [2.75, 3.05) is 20.3 Å². The molecule has 2 N–H and O–H groups in total. The molecule has 0 aromatic rings. The standard InChI is InChI=1S/C7H15NO3/c1-3-6(7(10)11-2)8-4-5-9/h6,8-9H,3-5H2,1-2H3. The Bertz CT molecular complexity index is 116. The highest BCUT2D eigenvalue weighted by Gasteiger charge is 2.14. The van der Waals surface area contributed by atoms with Gasteiger partial charge in [0.1, 0.15) is 6.04 Å². The Morgan fingerprint density at radius 2 is 2.36 bits per heavy atom. The normalized spacial score (nSPS) is 12.6. The van der Waals surface area contributed by atoms with Gasteiger partial charge in [-0.2, -0.15) is 0 Å². The summed E-state index contributed by atoms with van der Waals surface area (Å²) in [6, 6.07) is -0.285. The van der Waals surface area contributed by atoms with E-state index in [4.69, 9.17) is 5.11 Å². The molecule has 0 radical (unpaired) electrons. The first-order valence-corrected chi connectivity index (χ1v) is 3.68. The molecule has 4 nitrogen and oxygen atoms in total. The summed E-state index contributed by atoms with van der Waals surface area (Å²) in [5.74, 6) is -0.277. The van der Waals surface area contributed by atoms with E-state index in [0.717, 1.165) is 0 Å². The van der Waals surface area contributed by atoms with Crippen molar-refractivity contribution in [2.45, 2.75) is 19.4 Å². The number of hydrogen-bond donors (Lipinski definition) is 2. The molecule has 0 fully saturated rings. The third kappa shape index (κ3) is 3.95. The first kappa shape index (κ1) is 10.4. The lowest BCUT2D eigenvalue weighted by atomic mass is 10.2. The van der Waals surface area contributed by atoms with Crippen LogP contribution in [0.3, 0.4) is 0 Å². The van der Waals surface area contributed by atoms with Crippen molar-refractivity contribution >= 4 is 5.97 Å². The molecule has 66 valence electrons. The van der Waals surface area contributed by atoms with E-state index in [1.165, 1.54) is 7.11 Å². The fourth-order valence-electron chi connectivity index (χ4n) is 0.775. The fourth-order valence-corrected chi connectivity index (χ4v) is 0.775. The van der Waals surface area contributed by atoms with E-state index in [0.29, 0.717) is 13.0 Å². The maximum Gasteiger partial charge on any atom is 0.322 e. The second kappa shape index (κ2) is 6.12. The highest BCUT2D eigenvalue weighted by atomic mass is 16.5. The summed E-state index contributed by atoms with van der Waals surface area (Å²) >= 11 is 0. The second-order valence-corrected chi connectivity index (χ2v) is 2.16. The van der Waals surface area contributed by atoms with Crippen LogP contribution in [0.2, 0.25) is 0 Å². The van der Waals surface area contributed by atoms with Crippen LogP contribution >= 0.6 is 0 Å². The van der Waals surface area contributed by atoms with Crippen molar-refractivity contribution in [3.05, 3.63) is 0 Å². The molecular weight excluding hydrogens is 146 g/mol. The van der Waals surface area contributed by atoms with E-state index in [-0.39, 0.29) is 18.6 Å². The molecule has 0 aromatic heterocycles. The van der Waals surface area contributed by atoms with Crippen LogP contribution in [0.4, 0.5) is 0 Å². The van der Waals surface area contributed by atoms with E-state index in [2.05, 4.69) is 10.1 Å². The average molecular weight is 161 g/mol. The number of ether oxygens (including phenoxy) is 1. The summed E-state index contributed by atoms with van der Waals surface area (Å²) in [6.07, 6.45) is 0.673. The second-order valence-electron chi connectivity index (χ2n) is 2.16. The summed E-state index contributed by atoms with van der Waals surface area (Å²) in [7, 11) is 1.35. The van der Waals surface area contributed by atoms with Gasteiger partial charge in [0, 0.05) is 6.54 Å². The zero-order valence-electron chi connectivity index (χ0n) is 6.96. The van der Waals surface area contributed by atoms with Crippen LogP contribution in [-0.4, -0.2) is 37.4 Å². The van der Waals surface area contributed by atoms with Gasteiger partial charge in [-0.1, -0.05) is 6.92 Å². The van der Waals surface area contributed by atoms with Crippen LogP contribution in [0.25, 0.3) is 0 Å². The molecule has 1 atom stereocenters. The number of aliphatic hydroxyl groups excluding tert-OH is 1. The third-order valence-corrected chi connectivity index (χ3v) is 1.40. The zero-order valence-corrected chi connectivity index (χ0v) is 6.96. The predicted octanol–water partition coefficient (Wildman–Crippen LogP) is -0.480. The topological polar surface area (TPSA) is 58.6 Å². The van der Waals surface area contributed by atoms with Gasteiger partial charge in [0.2, 0.25) is 0 Å². The van der Waals surface area contributed by atoms with E-state index in [1.54, 1.807) is 0 Å². The molecule has 0 aliphatic heterocycles. The minimum Gasteiger partial charge on any atom is -0.468 e. The van der Waals surface area contributed by atoms with Crippen molar-refractivity contribution in [2.24, 2.45) is 0 Å². The van der Waals surface area contributed by atoms with Crippen molar-refractivity contribution < 1.29 is 14.6 Å². The lowest BCUT2D eigenvalue weighted by Crippen LogP contribution is -2.38. The molecule has 0 aromatic carbocycles. The van der Waals surface area contributed by atoms with E-state index < -0.39 is 0 Å². The van der Waals surface area contributed by atoms with E-state index in [1.807, 2.05) is 6.92 Å². The van der Waals surface area contributed by atoms with Crippen molar-refractivity contribution in [3.63, 3.8) is 0 Å². The molecule has 0 amide bonds. The molecule has 0 heterocycles. The Kier molecular flexibility index (Phi) is 5.78. The van der Waals surface area contributed by atoms with Crippen LogP contribution in [0.1, 0.15) is 13.3 Å². The molecular formula is C7H15NO3. The first-order chi connectivity index (χ1) is 5.26. The average Bonchev–Trinajstić information content (AvgIpc) is 2.05. The highest BCUT2D eigenvalue weighted by molar-refractivity contribution is 5.75. The van der Waals surface area contributed by atoms with Gasteiger partial charge >= 0.3 is 5.97 Å². The monoisotopic (exact) mass is 161 g/mol. The Balaban J connectivity index is 3.65. The Morgan fingerprint density at radius 3 is 2.73 bits per heavy atom. The minimum absolute atomic E-state index is 0.0352. The Hall–Kier alpha value is -0.610. The third-order valence-electron chi connectivity index (χ3n) is 1.40. The molecule has 0 aliphatic rings. The lowest BCUT2D eigenvalue weighted by Gasteiger charge is -2.12. The van der Waals surface area contributed by atoms with Gasteiger partial charge in [0.05, 0.1) is 13.7 Å². The molecule has 11 heavy (non-hydrogen) atoms. The van der Waals surface area contributed by atoms with Crippen molar-refractivity contribution in [3.8, 4) is 0 Å². The number of aliphatic hydroxyl groups is 1. The summed E-state index contributed by atoms with van der Waals surface area (Å²) in [6.45, 7) is 2.34. The molecule has 0 rings (SSSR count). The SMILES string of the molecule is CCC(NCCO)C(=O)OC. The van der Waals surface area contributed by atoms with Crippen LogP contribution in [-0.2, 0) is 9.53 Å². The number of methoxy groups -OCH3 is 1. The number of carbonyl (C=O) groups is 1. The number of esters is 1. The summed E-state index contributed by atoms with van der Waals surface area (Å²) in [5, 5.41) is 11.3. The highest BCUT2D eigenvalue weighted by Crippen LogP contribution is 1.92. The minimum atomic E-state index is -0.285. The van der Waals surface area contributed by atoms with Crippen molar-refractivity contribution in [1.82, 2.24) is 5.32 Å². The number of rotatable bonds is 5. The van der Waals surface area contributed by atoms with Gasteiger partial charge in [-0.3, -0.25) is 4.79 Å². The van der Waals surface area contributed by atoms with Crippen LogP contribution < -0.4 is 5.32 Å². The van der Waals surface area contributed by atoms with Crippen molar-refractivity contribution in [1.29, 1.82) is 0 Å². The fraction of sp³-hybridized carbons (Fsp3) is 0.857. The van der Waals surface area contributed by atoms with Gasteiger partial charge in [-0.05, 0) is 6.42 Å². The number of carbonyl (C=O) groups excluding carboxylic acids is 1. The summed E-state index contributed by atoms with van der Waals surface area (Å²) in [5.41, 5.74) is 0. The molecule has 0 bridgehead atoms. The van der Waals surface area contributed by atoms with Gasteiger partial charge < -0.3 is 15.2 Å². The van der Waals surface area contributed by atoms with Crippen LogP contribution in [0.15, 0.2) is 0 Å². The maximum absolute atomic E-state index is 10.9. The molecule has 0 saturated carbocycles. The Morgan fingerprint density at radius 1 is 1.73 bits per heavy atom. The quantitative estimate of drug-likeness (QED) is 0.535. The van der Waals surface area contributed by atoms with Gasteiger partial charge in [-0.25, -0.2) is 0 Å². The van der Waals surface area contributed by atoms with E-state index in [9.17, 15) is 4.79 Å². The molecule has 0 saturated heterocycles. The van der Waals surface area contributed by atoms with Gasteiger partial charge in [0.15, 0.2) is 0 Å². The van der Waals surface area contributed by atoms with Gasteiger partial charge in [0.25, 0.3) is 0 Å². The predicted molar refractivity (Wildman–Crippen MR) is 41.2 cm³/mol. The molecule has 0 aliphatic carbocycles. The molecule has 4 heteroatoms. The Labute approximate surface area is 66.5 Å². The largest absolute Gasteiger partial charge is 0.468 e. The number of nitrogens with one attached hydrogen (secondary N) is 1. The van der Waals surface area contributed by atoms with Crippen LogP contribution in [0.5, 0.6) is 0 Å². The van der Waals surface area contributed by atoms with Gasteiger partial charge in [-0.15, -0.1) is 0 Å². The zero-order chi connectivity index (χ0) is 8.69. The van der Waals surface area contributed by atoms with E-state index >= 15 is 0 Å². The summed E-state index contributed by atoms with van der Waals surface area (Å²) in [4.78, 5) is 10.9. The first-order valence-electron chi connectivity index (χ1n) is 3.68. The molecule has 0 spiro atoms.